The molecule has 0 saturated carbocycles. The van der Waals surface area contributed by atoms with E-state index in [0.717, 1.165) is 5.75 Å². The topological polar surface area (TPSA) is 85.7 Å². The zero-order valence-electron chi connectivity index (χ0n) is 17.2. The second kappa shape index (κ2) is 8.31. The fourth-order valence-electron chi connectivity index (χ4n) is 3.21. The SMILES string of the molecule is C=C(C)c1[nH]n2c(=O)cc(-c3ccc(Oc4ccccc4)cc3)nc2c1C(=O)OCC. The number of nitrogens with zero attached hydrogens (tertiary/aromatic N) is 2. The van der Waals surface area contributed by atoms with E-state index in [0.29, 0.717) is 28.3 Å². The van der Waals surface area contributed by atoms with Crippen LogP contribution in [0.4, 0.5) is 0 Å². The van der Waals surface area contributed by atoms with E-state index in [-0.39, 0.29) is 23.4 Å². The van der Waals surface area contributed by atoms with Crippen LogP contribution in [0.3, 0.4) is 0 Å². The molecule has 0 saturated heterocycles. The Balaban J connectivity index is 1.76. The zero-order chi connectivity index (χ0) is 22.0. The van der Waals surface area contributed by atoms with E-state index >= 15 is 0 Å². The van der Waals surface area contributed by atoms with Gasteiger partial charge >= 0.3 is 5.97 Å². The minimum atomic E-state index is -0.560. The quantitative estimate of drug-likeness (QED) is 0.462. The first-order valence-electron chi connectivity index (χ1n) is 9.80. The van der Waals surface area contributed by atoms with Gasteiger partial charge in [-0.05, 0) is 55.8 Å². The molecule has 2 aromatic heterocycles. The fraction of sp³-hybridized carbons (Fsp3) is 0.125. The van der Waals surface area contributed by atoms with Crippen LogP contribution in [0.5, 0.6) is 11.5 Å². The molecule has 0 aliphatic carbocycles. The molecular formula is C24H21N3O4. The fourth-order valence-corrected chi connectivity index (χ4v) is 3.21. The summed E-state index contributed by atoms with van der Waals surface area (Å²) in [6, 6.07) is 18.1. The number of para-hydroxylation sites is 1. The lowest BCUT2D eigenvalue weighted by Crippen LogP contribution is -2.15. The Morgan fingerprint density at radius 1 is 1.10 bits per heavy atom. The van der Waals surface area contributed by atoms with Gasteiger partial charge < -0.3 is 9.47 Å². The van der Waals surface area contributed by atoms with Gasteiger partial charge in [-0.25, -0.2) is 14.3 Å². The molecule has 0 aliphatic rings. The summed E-state index contributed by atoms with van der Waals surface area (Å²) in [6.07, 6.45) is 0. The van der Waals surface area contributed by atoms with Crippen LogP contribution >= 0.6 is 0 Å². The minimum Gasteiger partial charge on any atom is -0.462 e. The lowest BCUT2D eigenvalue weighted by Gasteiger charge is -2.07. The number of hydrogen-bond donors (Lipinski definition) is 1. The van der Waals surface area contributed by atoms with E-state index in [9.17, 15) is 9.59 Å². The molecule has 0 amide bonds. The normalized spacial score (nSPS) is 10.8. The molecule has 0 atom stereocenters. The van der Waals surface area contributed by atoms with E-state index in [1.54, 1.807) is 26.0 Å². The van der Waals surface area contributed by atoms with E-state index in [1.807, 2.05) is 42.5 Å². The maximum atomic E-state index is 12.7. The highest BCUT2D eigenvalue weighted by Crippen LogP contribution is 2.26. The first-order valence-corrected chi connectivity index (χ1v) is 9.80. The predicted molar refractivity (Wildman–Crippen MR) is 118 cm³/mol. The van der Waals surface area contributed by atoms with Gasteiger partial charge in [-0.3, -0.25) is 9.89 Å². The van der Waals surface area contributed by atoms with Crippen molar-refractivity contribution in [3.63, 3.8) is 0 Å². The lowest BCUT2D eigenvalue weighted by molar-refractivity contribution is 0.0528. The summed E-state index contributed by atoms with van der Waals surface area (Å²) in [4.78, 5) is 29.9. The number of carbonyl (C=O) groups excluding carboxylic acids is 1. The molecule has 0 fully saturated rings. The van der Waals surface area contributed by atoms with Crippen molar-refractivity contribution in [3.8, 4) is 22.8 Å². The molecule has 0 spiro atoms. The van der Waals surface area contributed by atoms with Crippen LogP contribution in [0.2, 0.25) is 0 Å². The van der Waals surface area contributed by atoms with Gasteiger partial charge in [-0.2, -0.15) is 0 Å². The van der Waals surface area contributed by atoms with Crippen LogP contribution in [0.1, 0.15) is 29.9 Å². The average molecular weight is 415 g/mol. The van der Waals surface area contributed by atoms with Gasteiger partial charge in [0.25, 0.3) is 5.56 Å². The molecule has 0 radical (unpaired) electrons. The van der Waals surface area contributed by atoms with E-state index in [2.05, 4.69) is 16.7 Å². The first kappa shape index (κ1) is 20.2. The van der Waals surface area contributed by atoms with Crippen molar-refractivity contribution in [2.45, 2.75) is 13.8 Å². The third-order valence-electron chi connectivity index (χ3n) is 4.65. The third-order valence-corrected chi connectivity index (χ3v) is 4.65. The second-order valence-corrected chi connectivity index (χ2v) is 6.94. The molecule has 0 bridgehead atoms. The van der Waals surface area contributed by atoms with Gasteiger partial charge in [0.05, 0.1) is 18.0 Å². The summed E-state index contributed by atoms with van der Waals surface area (Å²) in [6.45, 7) is 7.55. The highest BCUT2D eigenvalue weighted by molar-refractivity contribution is 6.00. The number of fused-ring (bicyclic) bond motifs is 1. The Labute approximate surface area is 178 Å². The maximum absolute atomic E-state index is 12.7. The Morgan fingerprint density at radius 2 is 1.77 bits per heavy atom. The van der Waals surface area contributed by atoms with Crippen LogP contribution in [0, 0.1) is 0 Å². The van der Waals surface area contributed by atoms with Crippen molar-refractivity contribution >= 4 is 17.2 Å². The highest BCUT2D eigenvalue weighted by Gasteiger charge is 2.23. The summed E-state index contributed by atoms with van der Waals surface area (Å²) in [5, 5.41) is 2.91. The number of benzene rings is 2. The number of ether oxygens (including phenoxy) is 2. The van der Waals surface area contributed by atoms with Crippen molar-refractivity contribution < 1.29 is 14.3 Å². The largest absolute Gasteiger partial charge is 0.462 e. The Bertz CT molecular complexity index is 1320. The van der Waals surface area contributed by atoms with E-state index in [4.69, 9.17) is 9.47 Å². The number of H-pyrrole nitrogens is 1. The molecule has 4 aromatic rings. The molecule has 31 heavy (non-hydrogen) atoms. The van der Waals surface area contributed by atoms with Gasteiger partial charge in [0.2, 0.25) is 0 Å². The monoisotopic (exact) mass is 415 g/mol. The smallest absolute Gasteiger partial charge is 0.344 e. The molecular weight excluding hydrogens is 394 g/mol. The van der Waals surface area contributed by atoms with Gasteiger partial charge in [0.15, 0.2) is 5.65 Å². The Kier molecular flexibility index (Phi) is 5.41. The summed E-state index contributed by atoms with van der Waals surface area (Å²) in [5.74, 6) is 0.827. The standard InChI is InChI=1S/C24H21N3O4/c1-4-30-24(29)21-22(15(2)3)26-27-20(28)14-19(25-23(21)27)16-10-12-18(13-11-16)31-17-8-6-5-7-9-17/h5-14,26H,2,4H2,1,3H3. The van der Waals surface area contributed by atoms with Gasteiger partial charge in [-0.15, -0.1) is 0 Å². The number of rotatable bonds is 6. The summed E-state index contributed by atoms with van der Waals surface area (Å²) < 4.78 is 12.2. The summed E-state index contributed by atoms with van der Waals surface area (Å²) in [7, 11) is 0. The molecule has 4 rings (SSSR count). The Morgan fingerprint density at radius 3 is 2.42 bits per heavy atom. The second-order valence-electron chi connectivity index (χ2n) is 6.94. The molecule has 7 nitrogen and oxygen atoms in total. The van der Waals surface area contributed by atoms with Crippen molar-refractivity contribution in [2.75, 3.05) is 6.61 Å². The van der Waals surface area contributed by atoms with Crippen molar-refractivity contribution in [3.05, 3.63) is 88.9 Å². The van der Waals surface area contributed by atoms with Gasteiger partial charge in [0.1, 0.15) is 17.1 Å². The average Bonchev–Trinajstić information content (AvgIpc) is 3.16. The van der Waals surface area contributed by atoms with Crippen LogP contribution < -0.4 is 10.3 Å². The number of nitrogens with one attached hydrogen (secondary N) is 1. The molecule has 0 aliphatic heterocycles. The predicted octanol–water partition coefficient (Wildman–Crippen LogP) is 4.69. The molecule has 7 heteroatoms. The Hall–Kier alpha value is -4.13. The number of allylic oxidation sites excluding steroid dienone is 1. The minimum absolute atomic E-state index is 0.192. The van der Waals surface area contributed by atoms with Crippen LogP contribution in [-0.4, -0.2) is 27.2 Å². The van der Waals surface area contributed by atoms with Crippen LogP contribution in [0.25, 0.3) is 22.5 Å². The summed E-state index contributed by atoms with van der Waals surface area (Å²) in [5.41, 5.74) is 2.22. The number of esters is 1. The number of carbonyl (C=O) groups is 1. The molecule has 2 heterocycles. The van der Waals surface area contributed by atoms with Crippen molar-refractivity contribution in [1.29, 1.82) is 0 Å². The van der Waals surface area contributed by atoms with Gasteiger partial charge in [-0.1, -0.05) is 24.8 Å². The molecule has 1 N–H and O–H groups in total. The van der Waals surface area contributed by atoms with Gasteiger partial charge in [0, 0.05) is 11.6 Å². The van der Waals surface area contributed by atoms with E-state index in [1.165, 1.54) is 10.6 Å². The lowest BCUT2D eigenvalue weighted by atomic mass is 10.1. The van der Waals surface area contributed by atoms with Crippen molar-refractivity contribution in [1.82, 2.24) is 14.6 Å². The zero-order valence-corrected chi connectivity index (χ0v) is 17.2. The molecule has 156 valence electrons. The number of aromatic nitrogens is 3. The van der Waals surface area contributed by atoms with E-state index < -0.39 is 5.97 Å². The van der Waals surface area contributed by atoms with Crippen LogP contribution in [0.15, 0.2) is 72.0 Å². The number of hydrogen-bond acceptors (Lipinski definition) is 5. The first-order chi connectivity index (χ1) is 15.0. The summed E-state index contributed by atoms with van der Waals surface area (Å²) >= 11 is 0. The third kappa shape index (κ3) is 3.98. The number of aromatic amines is 1. The molecule has 0 unspecified atom stereocenters. The van der Waals surface area contributed by atoms with Crippen LogP contribution in [-0.2, 0) is 4.74 Å². The highest BCUT2D eigenvalue weighted by atomic mass is 16.5. The molecule has 2 aromatic carbocycles. The maximum Gasteiger partial charge on any atom is 0.344 e. The van der Waals surface area contributed by atoms with Crippen molar-refractivity contribution in [2.24, 2.45) is 0 Å².